The highest BCUT2D eigenvalue weighted by Crippen LogP contribution is 2.16. The van der Waals surface area contributed by atoms with Gasteiger partial charge in [0.15, 0.2) is 0 Å². The Kier molecular flexibility index (Phi) is 2.87. The van der Waals surface area contributed by atoms with E-state index in [4.69, 9.17) is 0 Å². The third kappa shape index (κ3) is 2.10. The summed E-state index contributed by atoms with van der Waals surface area (Å²) < 4.78 is 11.7. The third-order valence-corrected chi connectivity index (χ3v) is 2.41. The molecular formula is C8H11FS. The molecule has 56 valence electrons. The monoisotopic (exact) mass is 158 g/mol. The van der Waals surface area contributed by atoms with E-state index in [1.54, 1.807) is 11.3 Å². The summed E-state index contributed by atoms with van der Waals surface area (Å²) in [6, 6.07) is 4.16. The molecule has 0 fully saturated rings. The minimum Gasteiger partial charge on any atom is -0.251 e. The van der Waals surface area contributed by atoms with Crippen molar-refractivity contribution in [1.82, 2.24) is 0 Å². The normalized spacial score (nSPS) is 10.2. The zero-order chi connectivity index (χ0) is 7.40. The zero-order valence-electron chi connectivity index (χ0n) is 6.06. The molecule has 0 N–H and O–H groups in total. The highest BCUT2D eigenvalue weighted by Gasteiger charge is 1.94. The van der Waals surface area contributed by atoms with Gasteiger partial charge < -0.3 is 0 Å². The molecule has 0 aliphatic rings. The summed E-state index contributed by atoms with van der Waals surface area (Å²) in [5.74, 6) is 0. The Morgan fingerprint density at radius 1 is 1.50 bits per heavy atom. The van der Waals surface area contributed by atoms with Crippen LogP contribution >= 0.6 is 11.3 Å². The van der Waals surface area contributed by atoms with Crippen molar-refractivity contribution in [2.75, 3.05) is 6.67 Å². The van der Waals surface area contributed by atoms with Crippen molar-refractivity contribution in [1.29, 1.82) is 0 Å². The van der Waals surface area contributed by atoms with E-state index in [0.29, 0.717) is 6.42 Å². The lowest BCUT2D eigenvalue weighted by Gasteiger charge is -1.89. The molecule has 0 nitrogen and oxygen atoms in total. The molecule has 0 saturated carbocycles. The van der Waals surface area contributed by atoms with Crippen LogP contribution in [0.5, 0.6) is 0 Å². The molecule has 0 saturated heterocycles. The minimum atomic E-state index is -0.197. The van der Waals surface area contributed by atoms with Crippen LogP contribution in [0.4, 0.5) is 4.39 Å². The van der Waals surface area contributed by atoms with Crippen LogP contribution in [0.1, 0.15) is 16.2 Å². The van der Waals surface area contributed by atoms with Crippen LogP contribution in [-0.2, 0) is 6.42 Å². The molecule has 0 spiro atoms. The van der Waals surface area contributed by atoms with Gasteiger partial charge in [-0.3, -0.25) is 4.39 Å². The van der Waals surface area contributed by atoms with E-state index in [1.165, 1.54) is 9.75 Å². The van der Waals surface area contributed by atoms with Gasteiger partial charge in [-0.05, 0) is 31.9 Å². The second-order valence-corrected chi connectivity index (χ2v) is 3.68. The van der Waals surface area contributed by atoms with Crippen LogP contribution in [0.3, 0.4) is 0 Å². The Morgan fingerprint density at radius 2 is 2.30 bits per heavy atom. The molecule has 0 aromatic carbocycles. The Balaban J connectivity index is 2.42. The van der Waals surface area contributed by atoms with E-state index in [0.717, 1.165) is 6.42 Å². The number of alkyl halides is 1. The topological polar surface area (TPSA) is 0 Å². The average Bonchev–Trinajstić information content (AvgIpc) is 2.31. The molecule has 10 heavy (non-hydrogen) atoms. The van der Waals surface area contributed by atoms with Gasteiger partial charge in [-0.2, -0.15) is 0 Å². The maximum atomic E-state index is 11.7. The van der Waals surface area contributed by atoms with Crippen molar-refractivity contribution in [3.8, 4) is 0 Å². The van der Waals surface area contributed by atoms with E-state index in [-0.39, 0.29) is 6.67 Å². The molecule has 0 atom stereocenters. The van der Waals surface area contributed by atoms with Gasteiger partial charge in [-0.25, -0.2) is 0 Å². The van der Waals surface area contributed by atoms with Crippen LogP contribution in [0.15, 0.2) is 12.1 Å². The van der Waals surface area contributed by atoms with Gasteiger partial charge >= 0.3 is 0 Å². The Bertz CT molecular complexity index is 193. The van der Waals surface area contributed by atoms with Gasteiger partial charge in [0.2, 0.25) is 0 Å². The maximum absolute atomic E-state index is 11.7. The predicted octanol–water partition coefficient (Wildman–Crippen LogP) is 2.96. The Morgan fingerprint density at radius 3 is 2.80 bits per heavy atom. The summed E-state index contributed by atoms with van der Waals surface area (Å²) in [7, 11) is 0. The van der Waals surface area contributed by atoms with Gasteiger partial charge in [-0.1, -0.05) is 0 Å². The summed E-state index contributed by atoms with van der Waals surface area (Å²) in [5, 5.41) is 0. The quantitative estimate of drug-likeness (QED) is 0.634. The molecule has 1 heterocycles. The van der Waals surface area contributed by atoms with Crippen molar-refractivity contribution in [3.63, 3.8) is 0 Å². The van der Waals surface area contributed by atoms with Crippen LogP contribution in [0.2, 0.25) is 0 Å². The van der Waals surface area contributed by atoms with Crippen molar-refractivity contribution < 1.29 is 4.39 Å². The number of thiophene rings is 1. The lowest BCUT2D eigenvalue weighted by atomic mass is 10.3. The standard InChI is InChI=1S/C8H11FS/c1-7-4-5-8(10-7)3-2-6-9/h4-5H,2-3,6H2,1H3. The SMILES string of the molecule is Cc1ccc(CCCF)s1. The van der Waals surface area contributed by atoms with Gasteiger partial charge in [0.1, 0.15) is 0 Å². The number of rotatable bonds is 3. The highest BCUT2D eigenvalue weighted by molar-refractivity contribution is 7.11. The number of halogens is 1. The fourth-order valence-corrected chi connectivity index (χ4v) is 1.79. The van der Waals surface area contributed by atoms with E-state index in [9.17, 15) is 4.39 Å². The van der Waals surface area contributed by atoms with Crippen molar-refractivity contribution in [2.45, 2.75) is 19.8 Å². The fourth-order valence-electron chi connectivity index (χ4n) is 0.861. The second-order valence-electron chi connectivity index (χ2n) is 2.30. The lowest BCUT2D eigenvalue weighted by molar-refractivity contribution is 0.474. The summed E-state index contributed by atoms with van der Waals surface area (Å²) in [5.41, 5.74) is 0. The maximum Gasteiger partial charge on any atom is 0.0897 e. The summed E-state index contributed by atoms with van der Waals surface area (Å²) in [6.45, 7) is 1.88. The summed E-state index contributed by atoms with van der Waals surface area (Å²) >= 11 is 1.76. The van der Waals surface area contributed by atoms with Crippen molar-refractivity contribution >= 4 is 11.3 Å². The van der Waals surface area contributed by atoms with Crippen molar-refractivity contribution in [3.05, 3.63) is 21.9 Å². The zero-order valence-corrected chi connectivity index (χ0v) is 6.88. The Labute approximate surface area is 64.7 Å². The first-order valence-electron chi connectivity index (χ1n) is 3.44. The molecular weight excluding hydrogens is 147 g/mol. The first kappa shape index (κ1) is 7.73. The summed E-state index contributed by atoms with van der Waals surface area (Å²) in [6.07, 6.45) is 1.56. The molecule has 1 aromatic rings. The molecule has 1 rings (SSSR count). The van der Waals surface area contributed by atoms with Crippen molar-refractivity contribution in [2.24, 2.45) is 0 Å². The number of hydrogen-bond donors (Lipinski definition) is 0. The first-order valence-corrected chi connectivity index (χ1v) is 4.26. The smallest absolute Gasteiger partial charge is 0.0897 e. The number of aryl methyl sites for hydroxylation is 2. The Hall–Kier alpha value is -0.370. The van der Waals surface area contributed by atoms with Crippen LogP contribution in [-0.4, -0.2) is 6.67 Å². The van der Waals surface area contributed by atoms with E-state index in [1.807, 2.05) is 0 Å². The molecule has 0 radical (unpaired) electrons. The molecule has 0 aliphatic heterocycles. The average molecular weight is 158 g/mol. The molecule has 2 heteroatoms. The minimum absolute atomic E-state index is 0.197. The van der Waals surface area contributed by atoms with Gasteiger partial charge in [0.25, 0.3) is 0 Å². The lowest BCUT2D eigenvalue weighted by Crippen LogP contribution is -1.80. The third-order valence-electron chi connectivity index (χ3n) is 1.35. The largest absolute Gasteiger partial charge is 0.251 e. The first-order chi connectivity index (χ1) is 4.83. The van der Waals surface area contributed by atoms with Gasteiger partial charge in [-0.15, -0.1) is 11.3 Å². The van der Waals surface area contributed by atoms with E-state index < -0.39 is 0 Å². The predicted molar refractivity (Wildman–Crippen MR) is 43.4 cm³/mol. The van der Waals surface area contributed by atoms with E-state index in [2.05, 4.69) is 19.1 Å². The van der Waals surface area contributed by atoms with E-state index >= 15 is 0 Å². The molecule has 1 aromatic heterocycles. The fraction of sp³-hybridized carbons (Fsp3) is 0.500. The molecule has 0 amide bonds. The highest BCUT2D eigenvalue weighted by atomic mass is 32.1. The van der Waals surface area contributed by atoms with Crippen LogP contribution in [0.25, 0.3) is 0 Å². The second kappa shape index (κ2) is 3.71. The number of hydrogen-bond acceptors (Lipinski definition) is 1. The molecule has 0 aliphatic carbocycles. The van der Waals surface area contributed by atoms with Gasteiger partial charge in [0, 0.05) is 9.75 Å². The van der Waals surface area contributed by atoms with Gasteiger partial charge in [0.05, 0.1) is 6.67 Å². The molecule has 0 bridgehead atoms. The van der Waals surface area contributed by atoms with Crippen LogP contribution < -0.4 is 0 Å². The molecule has 0 unspecified atom stereocenters. The van der Waals surface area contributed by atoms with Crippen LogP contribution in [0, 0.1) is 6.92 Å². The summed E-state index contributed by atoms with van der Waals surface area (Å²) in [4.78, 5) is 2.61.